The molecule has 0 heterocycles. The molecule has 0 unspecified atom stereocenters. The molecule has 4 fully saturated rings. The lowest BCUT2D eigenvalue weighted by molar-refractivity contribution is -0.236. The Labute approximate surface area is 185 Å². The monoisotopic (exact) mass is 442 g/mol. The van der Waals surface area contributed by atoms with Crippen LogP contribution in [0.5, 0.6) is 0 Å². The second-order valence-corrected chi connectivity index (χ2v) is 11.8. The third-order valence-corrected chi connectivity index (χ3v) is 10.5. The summed E-state index contributed by atoms with van der Waals surface area (Å²) in [6, 6.07) is 0. The molecule has 6 heteroatoms. The van der Waals surface area contributed by atoms with E-state index in [9.17, 15) is 23.8 Å². The first kappa shape index (κ1) is 23.4. The van der Waals surface area contributed by atoms with Gasteiger partial charge in [-0.3, -0.25) is 4.79 Å². The number of aliphatic hydroxyl groups excluding tert-OH is 2. The third kappa shape index (κ3) is 3.64. The van der Waals surface area contributed by atoms with Gasteiger partial charge in [0, 0.05) is 12.8 Å². The summed E-state index contributed by atoms with van der Waals surface area (Å²) in [5, 5.41) is 21.2. The van der Waals surface area contributed by atoms with Gasteiger partial charge in [-0.25, -0.2) is 8.78 Å². The molecule has 0 amide bonds. The summed E-state index contributed by atoms with van der Waals surface area (Å²) in [6.07, 6.45) is 3.51. The van der Waals surface area contributed by atoms with Crippen LogP contribution in [0, 0.1) is 46.3 Å². The quantitative estimate of drug-likeness (QED) is 0.613. The molecule has 10 atom stereocenters. The van der Waals surface area contributed by atoms with Crippen LogP contribution < -0.4 is 0 Å². The molecule has 4 rings (SSSR count). The van der Waals surface area contributed by atoms with Crippen molar-refractivity contribution in [1.82, 2.24) is 0 Å². The van der Waals surface area contributed by atoms with Crippen molar-refractivity contribution >= 4 is 5.97 Å². The lowest BCUT2D eigenvalue weighted by Gasteiger charge is -2.63. The predicted molar refractivity (Wildman–Crippen MR) is 113 cm³/mol. The average Bonchev–Trinajstić information content (AvgIpc) is 3.05. The van der Waals surface area contributed by atoms with Gasteiger partial charge in [0.15, 0.2) is 0 Å². The molecule has 4 nitrogen and oxygen atoms in total. The second-order valence-electron chi connectivity index (χ2n) is 11.8. The summed E-state index contributed by atoms with van der Waals surface area (Å²) in [5.41, 5.74) is -0.444. The van der Waals surface area contributed by atoms with Gasteiger partial charge in [0.25, 0.3) is 5.92 Å². The van der Waals surface area contributed by atoms with E-state index in [2.05, 4.69) is 13.8 Å². The van der Waals surface area contributed by atoms with Crippen molar-refractivity contribution in [2.45, 2.75) is 96.7 Å². The van der Waals surface area contributed by atoms with Crippen LogP contribution in [-0.2, 0) is 9.53 Å². The second kappa shape index (κ2) is 7.93. The fourth-order valence-electron chi connectivity index (χ4n) is 8.85. The van der Waals surface area contributed by atoms with Gasteiger partial charge in [-0.2, -0.15) is 0 Å². The van der Waals surface area contributed by atoms with Crippen LogP contribution in [0.3, 0.4) is 0 Å². The molecule has 0 aromatic rings. The molecule has 0 bridgehead atoms. The Morgan fingerprint density at radius 1 is 1.10 bits per heavy atom. The number of carbonyl (C=O) groups excluding carboxylic acids is 1. The lowest BCUT2D eigenvalue weighted by Crippen LogP contribution is -2.62. The standard InChI is InChI=1S/C25H40F2O4/c1-14(5-8-21(30)31-4)16-6-7-17-22-18(9-10-23(16,17)2)24(3)13-25(26,27)20(29)12-15(24)11-19(22)28/h14-20,22,28-29H,5-13H2,1-4H3/t14-,15-,16-,17+,18+,19+,20-,22+,23-,24+/m1/s1. The highest BCUT2D eigenvalue weighted by atomic mass is 19.3. The maximum atomic E-state index is 14.6. The molecule has 0 aromatic carbocycles. The van der Waals surface area contributed by atoms with Gasteiger partial charge in [-0.05, 0) is 91.3 Å². The van der Waals surface area contributed by atoms with Crippen molar-refractivity contribution < 1.29 is 28.5 Å². The number of methoxy groups -OCH3 is 1. The first-order valence-electron chi connectivity index (χ1n) is 12.2. The van der Waals surface area contributed by atoms with Crippen LogP contribution in [0.1, 0.15) is 78.6 Å². The van der Waals surface area contributed by atoms with E-state index >= 15 is 0 Å². The molecule has 4 saturated carbocycles. The number of rotatable bonds is 4. The van der Waals surface area contributed by atoms with Gasteiger partial charge in [0.2, 0.25) is 0 Å². The number of ether oxygens (including phenoxy) is 1. The number of alkyl halides is 2. The van der Waals surface area contributed by atoms with Gasteiger partial charge in [-0.1, -0.05) is 20.8 Å². The van der Waals surface area contributed by atoms with E-state index in [0.717, 1.165) is 32.1 Å². The molecule has 0 aromatic heterocycles. The van der Waals surface area contributed by atoms with Gasteiger partial charge < -0.3 is 14.9 Å². The SMILES string of the molecule is COC(=O)CC[C@@H](C)[C@H]1CC[C@H]2[C@@H]3[C@@H](O)C[C@@H]4C[C@@H](O)C(F)(F)C[C@]4(C)[C@H]3CC[C@]12C. The first-order valence-corrected chi connectivity index (χ1v) is 12.2. The molecule has 0 aliphatic heterocycles. The van der Waals surface area contributed by atoms with E-state index in [1.807, 2.05) is 6.92 Å². The topological polar surface area (TPSA) is 66.8 Å². The fraction of sp³-hybridized carbons (Fsp3) is 0.960. The maximum Gasteiger partial charge on any atom is 0.305 e. The summed E-state index contributed by atoms with van der Waals surface area (Å²) < 4.78 is 34.0. The number of hydrogen-bond donors (Lipinski definition) is 2. The highest BCUT2D eigenvalue weighted by Crippen LogP contribution is 2.69. The van der Waals surface area contributed by atoms with Crippen LogP contribution in [0.4, 0.5) is 8.78 Å². The number of carbonyl (C=O) groups is 1. The van der Waals surface area contributed by atoms with Gasteiger partial charge in [0.1, 0.15) is 6.10 Å². The maximum absolute atomic E-state index is 14.6. The first-order chi connectivity index (χ1) is 14.4. The van der Waals surface area contributed by atoms with Crippen molar-refractivity contribution in [1.29, 1.82) is 0 Å². The summed E-state index contributed by atoms with van der Waals surface area (Å²) in [4.78, 5) is 11.6. The van der Waals surface area contributed by atoms with Crippen molar-refractivity contribution in [3.63, 3.8) is 0 Å². The van der Waals surface area contributed by atoms with Crippen LogP contribution in [0.25, 0.3) is 0 Å². The Morgan fingerprint density at radius 2 is 1.77 bits per heavy atom. The average molecular weight is 443 g/mol. The van der Waals surface area contributed by atoms with E-state index < -0.39 is 23.5 Å². The molecule has 0 radical (unpaired) electrons. The van der Waals surface area contributed by atoms with Gasteiger partial charge in [-0.15, -0.1) is 0 Å². The number of fused-ring (bicyclic) bond motifs is 5. The smallest absolute Gasteiger partial charge is 0.305 e. The Balaban J connectivity index is 1.56. The zero-order valence-electron chi connectivity index (χ0n) is 19.4. The zero-order valence-corrected chi connectivity index (χ0v) is 19.4. The number of aliphatic hydroxyl groups is 2. The highest BCUT2D eigenvalue weighted by Gasteiger charge is 2.66. The van der Waals surface area contributed by atoms with Crippen LogP contribution in [0.2, 0.25) is 0 Å². The molecule has 0 spiro atoms. The third-order valence-electron chi connectivity index (χ3n) is 10.5. The van der Waals surface area contributed by atoms with E-state index in [4.69, 9.17) is 4.74 Å². The Morgan fingerprint density at radius 3 is 2.45 bits per heavy atom. The predicted octanol–water partition coefficient (Wildman–Crippen LogP) is 4.81. The minimum absolute atomic E-state index is 0.0427. The molecule has 4 aliphatic rings. The van der Waals surface area contributed by atoms with E-state index in [-0.39, 0.29) is 42.0 Å². The summed E-state index contributed by atoms with van der Waals surface area (Å²) in [5.74, 6) is -1.90. The highest BCUT2D eigenvalue weighted by molar-refractivity contribution is 5.69. The molecular formula is C25H40F2O4. The Hall–Kier alpha value is -0.750. The van der Waals surface area contributed by atoms with Gasteiger partial charge in [0.05, 0.1) is 13.2 Å². The number of hydrogen-bond acceptors (Lipinski definition) is 4. The molecule has 31 heavy (non-hydrogen) atoms. The van der Waals surface area contributed by atoms with Crippen molar-refractivity contribution in [2.24, 2.45) is 46.3 Å². The van der Waals surface area contributed by atoms with Crippen molar-refractivity contribution in [3.05, 3.63) is 0 Å². The molecular weight excluding hydrogens is 402 g/mol. The molecule has 4 aliphatic carbocycles. The fourth-order valence-corrected chi connectivity index (χ4v) is 8.85. The van der Waals surface area contributed by atoms with Crippen molar-refractivity contribution in [2.75, 3.05) is 7.11 Å². The largest absolute Gasteiger partial charge is 0.469 e. The minimum atomic E-state index is -3.04. The Bertz CT molecular complexity index is 699. The molecule has 178 valence electrons. The van der Waals surface area contributed by atoms with Crippen LogP contribution >= 0.6 is 0 Å². The normalized spacial score (nSPS) is 49.5. The van der Waals surface area contributed by atoms with E-state index in [0.29, 0.717) is 30.6 Å². The van der Waals surface area contributed by atoms with Crippen LogP contribution in [-0.4, -0.2) is 41.4 Å². The number of esters is 1. The zero-order chi connectivity index (χ0) is 22.8. The lowest BCUT2D eigenvalue weighted by atomic mass is 9.43. The van der Waals surface area contributed by atoms with Crippen molar-refractivity contribution in [3.8, 4) is 0 Å². The summed E-state index contributed by atoms with van der Waals surface area (Å²) in [7, 11) is 1.42. The Kier molecular flexibility index (Phi) is 5.99. The number of halogens is 2. The summed E-state index contributed by atoms with van der Waals surface area (Å²) in [6.45, 7) is 6.58. The van der Waals surface area contributed by atoms with E-state index in [1.165, 1.54) is 7.11 Å². The minimum Gasteiger partial charge on any atom is -0.469 e. The van der Waals surface area contributed by atoms with E-state index in [1.54, 1.807) is 0 Å². The molecule has 2 N–H and O–H groups in total. The molecule has 0 saturated heterocycles. The van der Waals surface area contributed by atoms with Crippen LogP contribution in [0.15, 0.2) is 0 Å². The summed E-state index contributed by atoms with van der Waals surface area (Å²) >= 11 is 0. The van der Waals surface area contributed by atoms with Gasteiger partial charge >= 0.3 is 5.97 Å².